The van der Waals surface area contributed by atoms with Gasteiger partial charge in [0.05, 0.1) is 44.3 Å². The van der Waals surface area contributed by atoms with Crippen molar-refractivity contribution in [1.82, 2.24) is 10.6 Å². The zero-order valence-electron chi connectivity index (χ0n) is 39.2. The summed E-state index contributed by atoms with van der Waals surface area (Å²) in [5.41, 5.74) is 9.89. The number of carbonyl (C=O) groups is 2. The molecule has 0 saturated carbocycles. The Morgan fingerprint density at radius 1 is 0.800 bits per heavy atom. The molecule has 70 heavy (non-hydrogen) atoms. The maximum Gasteiger partial charge on any atom is 0.294 e. The molecule has 0 bridgehead atoms. The molecule has 1 atom stereocenters. The number of unbranched alkanes of at least 4 members (excludes halogenated alkanes) is 2. The van der Waals surface area contributed by atoms with Crippen LogP contribution in [0.5, 0.6) is 0 Å². The lowest BCUT2D eigenvalue weighted by Crippen LogP contribution is -2.30. The number of rotatable bonds is 29. The van der Waals surface area contributed by atoms with Gasteiger partial charge in [-0.05, 0) is 94.0 Å². The number of allylic oxidation sites excluding steroid dienone is 6. The van der Waals surface area contributed by atoms with Gasteiger partial charge in [-0.25, -0.2) is 8.42 Å². The van der Waals surface area contributed by atoms with E-state index in [-0.39, 0.29) is 80.1 Å². The van der Waals surface area contributed by atoms with Crippen molar-refractivity contribution < 1.29 is 70.8 Å². The van der Waals surface area contributed by atoms with Crippen molar-refractivity contribution in [2.75, 3.05) is 62.3 Å². The summed E-state index contributed by atoms with van der Waals surface area (Å²) in [6, 6.07) is 8.20. The fraction of sp³-hybridized carbons (Fsp3) is 0.523. The summed E-state index contributed by atoms with van der Waals surface area (Å²) >= 11 is 0. The average Bonchev–Trinajstić information content (AvgIpc) is 3.61. The van der Waals surface area contributed by atoms with Crippen LogP contribution in [0.1, 0.15) is 89.7 Å². The molecular weight excluding hydrogens is 995 g/mol. The molecule has 26 heteroatoms. The summed E-state index contributed by atoms with van der Waals surface area (Å²) in [5.74, 6) is -1.59. The number of carbonyl (C=O) groups excluding carboxylic acids is 2. The van der Waals surface area contributed by atoms with E-state index in [1.165, 1.54) is 36.4 Å². The van der Waals surface area contributed by atoms with E-state index in [4.69, 9.17) is 10.3 Å². The Labute approximate surface area is 409 Å². The fourth-order valence-electron chi connectivity index (χ4n) is 8.49. The van der Waals surface area contributed by atoms with Gasteiger partial charge < -0.3 is 24.8 Å². The van der Waals surface area contributed by atoms with E-state index in [9.17, 15) is 61.5 Å². The highest BCUT2D eigenvalue weighted by atomic mass is 32.2. The first-order valence-electron chi connectivity index (χ1n) is 22.4. The fourth-order valence-corrected chi connectivity index (χ4v) is 10.5. The number of nitrogens with one attached hydrogen (secondary N) is 2. The van der Waals surface area contributed by atoms with Crippen molar-refractivity contribution >= 4 is 69.4 Å². The van der Waals surface area contributed by atoms with Crippen LogP contribution in [-0.4, -0.2) is 131 Å². The summed E-state index contributed by atoms with van der Waals surface area (Å²) in [4.78, 5) is 28.4. The highest BCUT2D eigenvalue weighted by molar-refractivity contribution is 7.86. The molecule has 1 unspecified atom stereocenters. The van der Waals surface area contributed by atoms with Crippen molar-refractivity contribution in [2.24, 2.45) is 5.11 Å². The van der Waals surface area contributed by atoms with Gasteiger partial charge in [0.1, 0.15) is 6.54 Å². The Bertz CT molecular complexity index is 2880. The first-order chi connectivity index (χ1) is 32.7. The monoisotopic (exact) mass is 1060 g/mol. The van der Waals surface area contributed by atoms with E-state index in [1.54, 1.807) is 39.9 Å². The number of hydrogen-bond acceptors (Lipinski definition) is 14. The first-order valence-corrected chi connectivity index (χ1v) is 28.5. The number of ether oxygens (including phenoxy) is 1. The topological polar surface area (TPSA) is 343 Å². The molecule has 0 saturated heterocycles. The molecule has 0 aromatic heterocycles. The number of amides is 2. The van der Waals surface area contributed by atoms with Crippen molar-refractivity contribution in [1.29, 1.82) is 0 Å². The van der Waals surface area contributed by atoms with Gasteiger partial charge in [-0.3, -0.25) is 23.2 Å². The van der Waals surface area contributed by atoms with Crippen LogP contribution in [0.2, 0.25) is 0 Å². The number of fused-ring (bicyclic) bond motifs is 2. The summed E-state index contributed by atoms with van der Waals surface area (Å²) in [6.45, 7) is 6.96. The Balaban J connectivity index is 1.54. The molecule has 2 aliphatic heterocycles. The SMILES string of the molecule is CC1(C)C(/C=C/C=C/C=C2\N(CCCS(=O)(=O)[O-])c3ccc(S(=O)(=O)O)cc3C2(C)CCCCCC(=O)NCCCNC(=O)CCOCCN=[N+]=[N-])=[N+](CCCS(=O)(=O)O)c2ccc(S(=O)(=O)O)cc21. The lowest BCUT2D eigenvalue weighted by molar-refractivity contribution is -0.437. The Morgan fingerprint density at radius 2 is 1.44 bits per heavy atom. The van der Waals surface area contributed by atoms with Crippen molar-refractivity contribution in [3.63, 3.8) is 0 Å². The maximum absolute atomic E-state index is 12.6. The predicted octanol–water partition coefficient (Wildman–Crippen LogP) is 4.83. The first kappa shape index (κ1) is 57.6. The van der Waals surface area contributed by atoms with Crippen LogP contribution in [0.4, 0.5) is 11.4 Å². The minimum Gasteiger partial charge on any atom is -0.748 e. The standard InChI is InChI=1S/C44H61N7O15S4/c1-43(2)35-31-33(69(60,61)62)16-18-37(35)50(25-11-29-67(54,55)56)39(43)13-6-4-7-14-40-44(3,36-32-34(70(63,64)65)17-19-38(36)51(40)26-12-30-68(57,58)59)21-9-5-8-15-41(52)46-22-10-23-47-42(53)20-27-66-28-24-48-49-45/h4,6-7,13-14,16-19,31-32H,5,8-12,15,20-30H2,1-3H3,(H5-,46,47,52,53,54,55,56,57,58,59,60,61,62,63,64,65). The van der Waals surface area contributed by atoms with Gasteiger partial charge in [0, 0.05) is 90.6 Å². The predicted molar refractivity (Wildman–Crippen MR) is 260 cm³/mol. The van der Waals surface area contributed by atoms with E-state index in [2.05, 4.69) is 20.7 Å². The molecule has 0 aliphatic carbocycles. The molecule has 2 aliphatic rings. The molecule has 2 heterocycles. The maximum atomic E-state index is 12.6. The zero-order valence-corrected chi connectivity index (χ0v) is 42.5. The third-order valence-corrected chi connectivity index (χ3v) is 15.2. The lowest BCUT2D eigenvalue weighted by atomic mass is 9.77. The van der Waals surface area contributed by atoms with Crippen molar-refractivity contribution in [3.8, 4) is 0 Å². The van der Waals surface area contributed by atoms with Crippen LogP contribution in [0.25, 0.3) is 10.4 Å². The van der Waals surface area contributed by atoms with Gasteiger partial charge in [-0.2, -0.15) is 29.8 Å². The summed E-state index contributed by atoms with van der Waals surface area (Å²) in [6.07, 6.45) is 11.5. The molecule has 386 valence electrons. The van der Waals surface area contributed by atoms with Crippen LogP contribution in [0.3, 0.4) is 0 Å². The van der Waals surface area contributed by atoms with Gasteiger partial charge in [0.15, 0.2) is 5.71 Å². The van der Waals surface area contributed by atoms with Crippen LogP contribution in [-0.2, 0) is 65.6 Å². The highest BCUT2D eigenvalue weighted by Gasteiger charge is 2.45. The summed E-state index contributed by atoms with van der Waals surface area (Å²) in [7, 11) is -18.1. The number of hydrogen-bond donors (Lipinski definition) is 5. The van der Waals surface area contributed by atoms with Gasteiger partial charge in [-0.15, -0.1) is 0 Å². The largest absolute Gasteiger partial charge is 0.748 e. The summed E-state index contributed by atoms with van der Waals surface area (Å²) < 4.78 is 143. The van der Waals surface area contributed by atoms with Crippen LogP contribution >= 0.6 is 0 Å². The van der Waals surface area contributed by atoms with E-state index in [0.29, 0.717) is 79.1 Å². The van der Waals surface area contributed by atoms with Crippen LogP contribution < -0.4 is 15.5 Å². The lowest BCUT2D eigenvalue weighted by Gasteiger charge is -2.30. The molecule has 2 aromatic rings. The molecule has 0 fully saturated rings. The third-order valence-electron chi connectivity index (χ3n) is 11.9. The van der Waals surface area contributed by atoms with E-state index < -0.39 is 62.8 Å². The molecule has 2 amide bonds. The minimum atomic E-state index is -4.65. The normalized spacial score (nSPS) is 17.6. The number of azide groups is 1. The Kier molecular flexibility index (Phi) is 20.5. The third kappa shape index (κ3) is 16.8. The number of nitrogens with zero attached hydrogens (tertiary/aromatic N) is 5. The molecule has 4 rings (SSSR count). The van der Waals surface area contributed by atoms with E-state index >= 15 is 0 Å². The number of anilines is 1. The average molecular weight is 1060 g/mol. The highest BCUT2D eigenvalue weighted by Crippen LogP contribution is 2.51. The van der Waals surface area contributed by atoms with Crippen LogP contribution in [0.15, 0.2) is 87.4 Å². The van der Waals surface area contributed by atoms with Crippen LogP contribution in [0, 0.1) is 0 Å². The van der Waals surface area contributed by atoms with Gasteiger partial charge in [0.25, 0.3) is 30.4 Å². The van der Waals surface area contributed by atoms with Crippen molar-refractivity contribution in [3.05, 3.63) is 94.0 Å². The van der Waals surface area contributed by atoms with Crippen molar-refractivity contribution in [2.45, 2.75) is 99.2 Å². The van der Waals surface area contributed by atoms with Gasteiger partial charge in [-0.1, -0.05) is 36.2 Å². The smallest absolute Gasteiger partial charge is 0.294 e. The van der Waals surface area contributed by atoms with Gasteiger partial charge >= 0.3 is 0 Å². The van der Waals surface area contributed by atoms with Gasteiger partial charge in [0.2, 0.25) is 17.5 Å². The molecule has 0 radical (unpaired) electrons. The molecule has 0 spiro atoms. The summed E-state index contributed by atoms with van der Waals surface area (Å²) in [5, 5.41) is 8.92. The second kappa shape index (κ2) is 24.9. The Morgan fingerprint density at radius 3 is 2.07 bits per heavy atom. The van der Waals surface area contributed by atoms with E-state index in [1.807, 2.05) is 20.8 Å². The minimum absolute atomic E-state index is 0.0214. The molecule has 22 nitrogen and oxygen atoms in total. The van der Waals surface area contributed by atoms with E-state index in [0.717, 1.165) is 0 Å². The molecule has 5 N–H and O–H groups in total. The quantitative estimate of drug-likeness (QED) is 0.0138. The second-order valence-corrected chi connectivity index (χ2v) is 23.4. The Hall–Kier alpha value is -5.02. The molecular formula is C44H61N7O15S4. The molecule has 2 aromatic carbocycles. The second-order valence-electron chi connectivity index (χ2n) is 17.4. The number of benzene rings is 2. The zero-order chi connectivity index (χ0) is 52.0.